The molecule has 0 aromatic rings. The third-order valence-electron chi connectivity index (χ3n) is 4.60. The molecule has 0 aliphatic rings. The summed E-state index contributed by atoms with van der Waals surface area (Å²) in [6, 6.07) is 0. The van der Waals surface area contributed by atoms with Crippen molar-refractivity contribution >= 4 is 5.97 Å². The summed E-state index contributed by atoms with van der Waals surface area (Å²) in [6.07, 6.45) is 29.7. The number of hydrogen-bond acceptors (Lipinski definition) is 1. The maximum atomic E-state index is 10.4. The van der Waals surface area contributed by atoms with E-state index in [9.17, 15) is 4.79 Å². The van der Waals surface area contributed by atoms with E-state index in [1.807, 2.05) is 0 Å². The molecule has 0 fully saturated rings. The van der Waals surface area contributed by atoms with Crippen LogP contribution < -0.4 is 0 Å². The minimum Gasteiger partial charge on any atom is -0.481 e. The van der Waals surface area contributed by atoms with Crippen molar-refractivity contribution in [2.75, 3.05) is 0 Å². The molecule has 0 aromatic carbocycles. The summed E-state index contributed by atoms with van der Waals surface area (Å²) < 4.78 is 0. The van der Waals surface area contributed by atoms with Crippen LogP contribution in [-0.4, -0.2) is 11.1 Å². The van der Waals surface area contributed by atoms with Crippen molar-refractivity contribution in [2.24, 2.45) is 0 Å². The minimum absolute atomic E-state index is 0.340. The van der Waals surface area contributed by atoms with Gasteiger partial charge in [0.05, 0.1) is 0 Å². The van der Waals surface area contributed by atoms with Crippen LogP contribution in [0.3, 0.4) is 0 Å². The smallest absolute Gasteiger partial charge is 0.303 e. The summed E-state index contributed by atoms with van der Waals surface area (Å²) in [5.41, 5.74) is 0. The Balaban J connectivity index is 3.07. The van der Waals surface area contributed by atoms with Crippen LogP contribution in [0.1, 0.15) is 116 Å². The Kier molecular flexibility index (Phi) is 20.1. The molecule has 0 atom stereocenters. The van der Waals surface area contributed by atoms with Crippen molar-refractivity contribution < 1.29 is 9.90 Å². The molecule has 0 unspecified atom stereocenters. The third-order valence-corrected chi connectivity index (χ3v) is 4.60. The Morgan fingerprint density at radius 1 is 0.640 bits per heavy atom. The summed E-state index contributed by atoms with van der Waals surface area (Å²) in [5, 5.41) is 8.56. The first-order valence-electron chi connectivity index (χ1n) is 10.8. The van der Waals surface area contributed by atoms with Crippen LogP contribution in [0.15, 0.2) is 24.3 Å². The van der Waals surface area contributed by atoms with Gasteiger partial charge in [0.2, 0.25) is 0 Å². The zero-order valence-electron chi connectivity index (χ0n) is 16.7. The fourth-order valence-corrected chi connectivity index (χ4v) is 3.04. The van der Waals surface area contributed by atoms with Crippen LogP contribution >= 0.6 is 0 Å². The first-order valence-corrected chi connectivity index (χ1v) is 10.8. The molecule has 1 N–H and O–H groups in total. The lowest BCUT2D eigenvalue weighted by molar-refractivity contribution is -0.137. The summed E-state index contributed by atoms with van der Waals surface area (Å²) in [7, 11) is 0. The maximum absolute atomic E-state index is 10.4. The molecule has 25 heavy (non-hydrogen) atoms. The monoisotopic (exact) mass is 350 g/mol. The van der Waals surface area contributed by atoms with Crippen molar-refractivity contribution in [1.29, 1.82) is 0 Å². The van der Waals surface area contributed by atoms with Gasteiger partial charge >= 0.3 is 5.97 Å². The number of rotatable bonds is 19. The van der Waals surface area contributed by atoms with Crippen LogP contribution in [0.25, 0.3) is 0 Å². The SMILES string of the molecule is CCC=CCC=CCCCCCCCCCCCCCCCC(=O)O. The molecule has 0 amide bonds. The van der Waals surface area contributed by atoms with Crippen LogP contribution in [0.2, 0.25) is 0 Å². The molecule has 0 aliphatic carbocycles. The van der Waals surface area contributed by atoms with Crippen LogP contribution in [0.5, 0.6) is 0 Å². The quantitative estimate of drug-likeness (QED) is 0.190. The van der Waals surface area contributed by atoms with E-state index in [0.29, 0.717) is 6.42 Å². The highest BCUT2D eigenvalue weighted by molar-refractivity contribution is 5.66. The molecule has 0 saturated carbocycles. The number of carbonyl (C=O) groups is 1. The molecule has 0 aromatic heterocycles. The Morgan fingerprint density at radius 2 is 1.08 bits per heavy atom. The summed E-state index contributed by atoms with van der Waals surface area (Å²) >= 11 is 0. The average Bonchev–Trinajstić information content (AvgIpc) is 2.60. The second-order valence-electron chi connectivity index (χ2n) is 7.12. The largest absolute Gasteiger partial charge is 0.481 e. The lowest BCUT2D eigenvalue weighted by Gasteiger charge is -2.03. The molecule has 0 spiro atoms. The second-order valence-corrected chi connectivity index (χ2v) is 7.12. The molecule has 0 saturated heterocycles. The molecule has 146 valence electrons. The fourth-order valence-electron chi connectivity index (χ4n) is 3.04. The van der Waals surface area contributed by atoms with Crippen molar-refractivity contribution in [1.82, 2.24) is 0 Å². The van der Waals surface area contributed by atoms with Crippen LogP contribution in [-0.2, 0) is 4.79 Å². The van der Waals surface area contributed by atoms with Gasteiger partial charge in [0.1, 0.15) is 0 Å². The summed E-state index contributed by atoms with van der Waals surface area (Å²) in [6.45, 7) is 2.17. The van der Waals surface area contributed by atoms with E-state index in [2.05, 4.69) is 31.2 Å². The molecule has 2 nitrogen and oxygen atoms in total. The Hall–Kier alpha value is -1.05. The van der Waals surface area contributed by atoms with Crippen molar-refractivity contribution in [3.63, 3.8) is 0 Å². The van der Waals surface area contributed by atoms with E-state index in [1.165, 1.54) is 77.0 Å². The van der Waals surface area contributed by atoms with E-state index < -0.39 is 5.97 Å². The lowest BCUT2D eigenvalue weighted by atomic mass is 10.0. The fraction of sp³-hybridized carbons (Fsp3) is 0.783. The number of carboxylic acids is 1. The number of carboxylic acid groups (broad SMARTS) is 1. The highest BCUT2D eigenvalue weighted by Gasteiger charge is 1.97. The molecular formula is C23H42O2. The highest BCUT2D eigenvalue weighted by Crippen LogP contribution is 2.13. The Bertz CT molecular complexity index is 331. The van der Waals surface area contributed by atoms with Gasteiger partial charge in [-0.3, -0.25) is 4.79 Å². The van der Waals surface area contributed by atoms with Crippen molar-refractivity contribution in [2.45, 2.75) is 116 Å². The van der Waals surface area contributed by atoms with Gasteiger partial charge in [0, 0.05) is 6.42 Å². The summed E-state index contributed by atoms with van der Waals surface area (Å²) in [5.74, 6) is -0.656. The van der Waals surface area contributed by atoms with Crippen molar-refractivity contribution in [3.05, 3.63) is 24.3 Å². The van der Waals surface area contributed by atoms with Gasteiger partial charge in [-0.2, -0.15) is 0 Å². The van der Waals surface area contributed by atoms with Crippen molar-refractivity contribution in [3.8, 4) is 0 Å². The molecule has 2 heteroatoms. The van der Waals surface area contributed by atoms with Gasteiger partial charge in [0.25, 0.3) is 0 Å². The molecule has 0 rings (SSSR count). The number of hydrogen-bond donors (Lipinski definition) is 1. The van der Waals surface area contributed by atoms with E-state index >= 15 is 0 Å². The molecule has 0 radical (unpaired) electrons. The van der Waals surface area contributed by atoms with E-state index in [0.717, 1.165) is 25.7 Å². The minimum atomic E-state index is -0.656. The summed E-state index contributed by atoms with van der Waals surface area (Å²) in [4.78, 5) is 10.4. The van der Waals surface area contributed by atoms with Gasteiger partial charge in [0.15, 0.2) is 0 Å². The Labute approximate surface area is 156 Å². The van der Waals surface area contributed by atoms with Crippen LogP contribution in [0.4, 0.5) is 0 Å². The van der Waals surface area contributed by atoms with E-state index in [4.69, 9.17) is 5.11 Å². The van der Waals surface area contributed by atoms with Gasteiger partial charge in [-0.05, 0) is 32.1 Å². The van der Waals surface area contributed by atoms with Crippen LogP contribution in [0, 0.1) is 0 Å². The zero-order valence-corrected chi connectivity index (χ0v) is 16.7. The van der Waals surface area contributed by atoms with Gasteiger partial charge in [-0.1, -0.05) is 102 Å². The molecule has 0 bridgehead atoms. The average molecular weight is 351 g/mol. The Morgan fingerprint density at radius 3 is 1.56 bits per heavy atom. The lowest BCUT2D eigenvalue weighted by Crippen LogP contribution is -1.93. The van der Waals surface area contributed by atoms with Gasteiger partial charge in [-0.15, -0.1) is 0 Å². The third kappa shape index (κ3) is 22.9. The first kappa shape index (κ1) is 23.9. The number of aliphatic carboxylic acids is 1. The zero-order chi connectivity index (χ0) is 18.4. The predicted octanol–water partition coefficient (Wildman–Crippen LogP) is 7.84. The number of unbranched alkanes of at least 4 members (excludes halogenated alkanes) is 13. The second kappa shape index (κ2) is 21.0. The molecular weight excluding hydrogens is 308 g/mol. The van der Waals surface area contributed by atoms with E-state index in [-0.39, 0.29) is 0 Å². The van der Waals surface area contributed by atoms with E-state index in [1.54, 1.807) is 0 Å². The highest BCUT2D eigenvalue weighted by atomic mass is 16.4. The normalized spacial score (nSPS) is 11.7. The standard InChI is InChI=1S/C23H42O2/c1-2-3-4-5-6-7-8-9-10-11-12-13-14-15-16-17-18-19-20-21-22-23(24)25/h3-4,6-7H,2,5,8-22H2,1H3,(H,24,25). The maximum Gasteiger partial charge on any atom is 0.303 e. The predicted molar refractivity (Wildman–Crippen MR) is 110 cm³/mol. The topological polar surface area (TPSA) is 37.3 Å². The first-order chi connectivity index (χ1) is 12.3. The van der Waals surface area contributed by atoms with Gasteiger partial charge < -0.3 is 5.11 Å². The molecule has 0 aliphatic heterocycles. The molecule has 0 heterocycles. The van der Waals surface area contributed by atoms with Gasteiger partial charge in [-0.25, -0.2) is 0 Å². The number of allylic oxidation sites excluding steroid dienone is 4.